The Bertz CT molecular complexity index is 641. The largest absolute Gasteiger partial charge is 0.390 e. The molecule has 0 aliphatic carbocycles. The molecule has 1 unspecified atom stereocenters. The van der Waals surface area contributed by atoms with Gasteiger partial charge in [-0.3, -0.25) is 0 Å². The molecule has 20 heavy (non-hydrogen) atoms. The van der Waals surface area contributed by atoms with Crippen molar-refractivity contribution in [2.24, 2.45) is 0 Å². The Balaban J connectivity index is 2.24. The first-order chi connectivity index (χ1) is 9.47. The molecule has 0 spiro atoms. The van der Waals surface area contributed by atoms with E-state index in [4.69, 9.17) is 0 Å². The van der Waals surface area contributed by atoms with Crippen molar-refractivity contribution in [2.45, 2.75) is 37.9 Å². The third kappa shape index (κ3) is 3.09. The molecule has 2 heterocycles. The zero-order valence-corrected chi connectivity index (χ0v) is 12.9. The zero-order valence-electron chi connectivity index (χ0n) is 11.3. The van der Waals surface area contributed by atoms with Crippen LogP contribution in [0.4, 0.5) is 0 Å². The average molecular weight is 315 g/mol. The fraction of sp³-hybridized carbons (Fsp3) is 0.417. The van der Waals surface area contributed by atoms with Gasteiger partial charge in [0.25, 0.3) is 0 Å². The van der Waals surface area contributed by atoms with Gasteiger partial charge in [-0.2, -0.15) is 0 Å². The number of nitrogens with zero attached hydrogens (tertiary/aromatic N) is 2. The molecule has 0 amide bonds. The molecule has 0 radical (unpaired) electrons. The van der Waals surface area contributed by atoms with Crippen LogP contribution in [0.25, 0.3) is 0 Å². The van der Waals surface area contributed by atoms with Crippen molar-refractivity contribution in [2.75, 3.05) is 0 Å². The summed E-state index contributed by atoms with van der Waals surface area (Å²) in [6, 6.07) is 1.10. The third-order valence-electron chi connectivity index (χ3n) is 2.93. The molecule has 0 saturated carbocycles. The molecule has 110 valence electrons. The summed E-state index contributed by atoms with van der Waals surface area (Å²) in [4.78, 5) is 4.25. The lowest BCUT2D eigenvalue weighted by Crippen LogP contribution is -2.26. The molecule has 0 saturated heterocycles. The monoisotopic (exact) mass is 315 g/mol. The zero-order chi connectivity index (χ0) is 14.8. The summed E-state index contributed by atoms with van der Waals surface area (Å²) < 4.78 is 28.9. The summed E-state index contributed by atoms with van der Waals surface area (Å²) in [6.07, 6.45) is 3.17. The normalized spacial score (nSPS) is 13.6. The van der Waals surface area contributed by atoms with Gasteiger partial charge in [0, 0.05) is 30.0 Å². The lowest BCUT2D eigenvalue weighted by molar-refractivity contribution is 0.271. The summed E-state index contributed by atoms with van der Waals surface area (Å²) in [5.74, 6) is 0. The Hall–Kier alpha value is -1.22. The van der Waals surface area contributed by atoms with Crippen molar-refractivity contribution >= 4 is 21.4 Å². The SMILES string of the molecule is CCn1cc(S(=O)(=O)NC(C)c2nccs2)cc1CO. The van der Waals surface area contributed by atoms with Gasteiger partial charge in [-0.15, -0.1) is 11.3 Å². The van der Waals surface area contributed by atoms with Gasteiger partial charge < -0.3 is 9.67 Å². The minimum Gasteiger partial charge on any atom is -0.390 e. The summed E-state index contributed by atoms with van der Waals surface area (Å²) in [5, 5.41) is 11.7. The Morgan fingerprint density at radius 1 is 1.55 bits per heavy atom. The molecule has 2 aromatic heterocycles. The fourth-order valence-corrected chi connectivity index (χ4v) is 3.89. The van der Waals surface area contributed by atoms with Crippen LogP contribution in [0.5, 0.6) is 0 Å². The Labute approximate surface area is 122 Å². The Morgan fingerprint density at radius 2 is 2.30 bits per heavy atom. The first-order valence-electron chi connectivity index (χ1n) is 6.19. The summed E-state index contributed by atoms with van der Waals surface area (Å²) in [6.45, 7) is 4.06. The molecule has 0 fully saturated rings. The Kier molecular flexibility index (Phi) is 4.59. The van der Waals surface area contributed by atoms with Gasteiger partial charge in [0.1, 0.15) is 5.01 Å². The standard InChI is InChI=1S/C12H17N3O3S2/c1-3-15-7-11(6-10(15)8-16)20(17,18)14-9(2)12-13-4-5-19-12/h4-7,9,14,16H,3,8H2,1-2H3. The topological polar surface area (TPSA) is 84.2 Å². The number of aryl methyl sites for hydroxylation is 1. The second-order valence-electron chi connectivity index (χ2n) is 4.32. The molecule has 2 N–H and O–H groups in total. The maximum absolute atomic E-state index is 12.3. The number of thiazole rings is 1. The van der Waals surface area contributed by atoms with Crippen molar-refractivity contribution in [1.82, 2.24) is 14.3 Å². The molecular weight excluding hydrogens is 298 g/mol. The summed E-state index contributed by atoms with van der Waals surface area (Å²) in [7, 11) is -3.62. The number of aromatic nitrogens is 2. The summed E-state index contributed by atoms with van der Waals surface area (Å²) >= 11 is 1.40. The first-order valence-corrected chi connectivity index (χ1v) is 8.56. The van der Waals surface area contributed by atoms with Gasteiger partial charge in [0.15, 0.2) is 0 Å². The third-order valence-corrected chi connectivity index (χ3v) is 5.39. The van der Waals surface area contributed by atoms with E-state index in [2.05, 4.69) is 9.71 Å². The van der Waals surface area contributed by atoms with Crippen LogP contribution in [0.2, 0.25) is 0 Å². The number of rotatable bonds is 6. The number of nitrogens with one attached hydrogen (secondary N) is 1. The summed E-state index contributed by atoms with van der Waals surface area (Å²) in [5.41, 5.74) is 0.578. The number of aliphatic hydroxyl groups is 1. The van der Waals surface area contributed by atoms with Crippen LogP contribution in [0.15, 0.2) is 28.7 Å². The highest BCUT2D eigenvalue weighted by Crippen LogP contribution is 2.20. The maximum Gasteiger partial charge on any atom is 0.242 e. The number of sulfonamides is 1. The molecule has 1 atom stereocenters. The van der Waals surface area contributed by atoms with Gasteiger partial charge >= 0.3 is 0 Å². The molecule has 8 heteroatoms. The number of hydrogen-bond donors (Lipinski definition) is 2. The number of hydrogen-bond acceptors (Lipinski definition) is 5. The van der Waals surface area contributed by atoms with Crippen LogP contribution in [0.3, 0.4) is 0 Å². The van der Waals surface area contributed by atoms with Crippen molar-refractivity contribution in [1.29, 1.82) is 0 Å². The van der Waals surface area contributed by atoms with E-state index < -0.39 is 10.0 Å². The van der Waals surface area contributed by atoms with E-state index in [1.807, 2.05) is 6.92 Å². The Morgan fingerprint density at radius 3 is 2.80 bits per heavy atom. The van der Waals surface area contributed by atoms with Crippen LogP contribution in [0.1, 0.15) is 30.6 Å². The van der Waals surface area contributed by atoms with Gasteiger partial charge in [-0.05, 0) is 19.9 Å². The van der Waals surface area contributed by atoms with Crippen molar-refractivity contribution in [3.8, 4) is 0 Å². The lowest BCUT2D eigenvalue weighted by atomic mass is 10.4. The lowest BCUT2D eigenvalue weighted by Gasteiger charge is -2.10. The van der Waals surface area contributed by atoms with Gasteiger partial charge in [0.05, 0.1) is 17.5 Å². The number of aliphatic hydroxyl groups excluding tert-OH is 1. The van der Waals surface area contributed by atoms with Crippen molar-refractivity contribution in [3.05, 3.63) is 34.5 Å². The minimum atomic E-state index is -3.62. The van der Waals surface area contributed by atoms with E-state index in [-0.39, 0.29) is 17.5 Å². The first kappa shape index (κ1) is 15.2. The van der Waals surface area contributed by atoms with Gasteiger partial charge in [0.2, 0.25) is 10.0 Å². The smallest absolute Gasteiger partial charge is 0.242 e. The van der Waals surface area contributed by atoms with Crippen molar-refractivity contribution in [3.63, 3.8) is 0 Å². The molecular formula is C12H17N3O3S2. The van der Waals surface area contributed by atoms with Crippen LogP contribution >= 0.6 is 11.3 Å². The molecule has 0 bridgehead atoms. The van der Waals surface area contributed by atoms with Gasteiger partial charge in [-0.1, -0.05) is 0 Å². The maximum atomic E-state index is 12.3. The second kappa shape index (κ2) is 6.04. The molecule has 2 aromatic rings. The minimum absolute atomic E-state index is 0.159. The van der Waals surface area contributed by atoms with E-state index in [1.165, 1.54) is 23.6 Å². The highest BCUT2D eigenvalue weighted by Gasteiger charge is 2.22. The van der Waals surface area contributed by atoms with Crippen LogP contribution < -0.4 is 4.72 Å². The van der Waals surface area contributed by atoms with E-state index in [0.29, 0.717) is 17.2 Å². The van der Waals surface area contributed by atoms with E-state index in [9.17, 15) is 13.5 Å². The molecule has 0 aliphatic heterocycles. The average Bonchev–Trinajstić information content (AvgIpc) is 3.07. The van der Waals surface area contributed by atoms with Gasteiger partial charge in [-0.25, -0.2) is 18.1 Å². The fourth-order valence-electron chi connectivity index (χ4n) is 1.90. The highest BCUT2D eigenvalue weighted by atomic mass is 32.2. The van der Waals surface area contributed by atoms with E-state index in [1.54, 1.807) is 23.1 Å². The molecule has 2 rings (SSSR count). The van der Waals surface area contributed by atoms with Crippen LogP contribution in [-0.4, -0.2) is 23.1 Å². The van der Waals surface area contributed by atoms with Crippen molar-refractivity contribution < 1.29 is 13.5 Å². The molecule has 6 nitrogen and oxygen atoms in total. The van der Waals surface area contributed by atoms with Crippen LogP contribution in [0, 0.1) is 0 Å². The quantitative estimate of drug-likeness (QED) is 0.846. The highest BCUT2D eigenvalue weighted by molar-refractivity contribution is 7.89. The van der Waals surface area contributed by atoms with Crippen LogP contribution in [-0.2, 0) is 23.2 Å². The van der Waals surface area contributed by atoms with E-state index >= 15 is 0 Å². The molecule has 0 aromatic carbocycles. The predicted octanol–water partition coefficient (Wildman–Crippen LogP) is 1.50. The van der Waals surface area contributed by atoms with E-state index in [0.717, 1.165) is 0 Å². The second-order valence-corrected chi connectivity index (χ2v) is 6.96. The molecule has 0 aliphatic rings. The predicted molar refractivity (Wildman–Crippen MR) is 76.9 cm³/mol.